The Balaban J connectivity index is 2.00. The van der Waals surface area contributed by atoms with Crippen LogP contribution < -0.4 is 0 Å². The SMILES string of the molecule is Cc1ccc(O)c(C(=O)N2CCN(CC(C)C)CC2)c1. The molecule has 20 heavy (non-hydrogen) atoms. The Kier molecular flexibility index (Phi) is 4.65. The van der Waals surface area contributed by atoms with Crippen LogP contribution in [0, 0.1) is 12.8 Å². The summed E-state index contributed by atoms with van der Waals surface area (Å²) in [4.78, 5) is 16.7. The summed E-state index contributed by atoms with van der Waals surface area (Å²) in [6.07, 6.45) is 0. The topological polar surface area (TPSA) is 43.8 Å². The number of carbonyl (C=O) groups is 1. The Morgan fingerprint density at radius 1 is 1.25 bits per heavy atom. The number of carbonyl (C=O) groups excluding carboxylic acids is 1. The number of aromatic hydroxyl groups is 1. The van der Waals surface area contributed by atoms with E-state index in [-0.39, 0.29) is 11.7 Å². The Hall–Kier alpha value is -1.55. The summed E-state index contributed by atoms with van der Waals surface area (Å²) in [5.41, 5.74) is 1.41. The van der Waals surface area contributed by atoms with Crippen LogP contribution in [0.5, 0.6) is 5.75 Å². The third-order valence-electron chi connectivity index (χ3n) is 3.67. The lowest BCUT2D eigenvalue weighted by molar-refractivity contribution is 0.0621. The van der Waals surface area contributed by atoms with Gasteiger partial charge < -0.3 is 10.0 Å². The van der Waals surface area contributed by atoms with Crippen LogP contribution in [0.4, 0.5) is 0 Å². The molecule has 1 fully saturated rings. The molecule has 1 heterocycles. The standard InChI is InChI=1S/C16H24N2O2/c1-12(2)11-17-6-8-18(9-7-17)16(20)14-10-13(3)4-5-15(14)19/h4-5,10,12,19H,6-9,11H2,1-3H3. The van der Waals surface area contributed by atoms with E-state index in [9.17, 15) is 9.90 Å². The fourth-order valence-corrected chi connectivity index (χ4v) is 2.64. The van der Waals surface area contributed by atoms with Crippen LogP contribution >= 0.6 is 0 Å². The first kappa shape index (κ1) is 14.9. The summed E-state index contributed by atoms with van der Waals surface area (Å²) < 4.78 is 0. The van der Waals surface area contributed by atoms with Gasteiger partial charge in [0.05, 0.1) is 5.56 Å². The van der Waals surface area contributed by atoms with Crippen molar-refractivity contribution in [2.45, 2.75) is 20.8 Å². The smallest absolute Gasteiger partial charge is 0.257 e. The van der Waals surface area contributed by atoms with Gasteiger partial charge in [-0.05, 0) is 25.0 Å². The maximum Gasteiger partial charge on any atom is 0.257 e. The minimum Gasteiger partial charge on any atom is -0.507 e. The van der Waals surface area contributed by atoms with Crippen molar-refractivity contribution in [3.8, 4) is 5.75 Å². The molecule has 0 spiro atoms. The first-order chi connectivity index (χ1) is 9.47. The molecular formula is C16H24N2O2. The van der Waals surface area contributed by atoms with Crippen molar-refractivity contribution in [1.82, 2.24) is 9.80 Å². The van der Waals surface area contributed by atoms with Gasteiger partial charge in [0.1, 0.15) is 5.75 Å². The number of benzene rings is 1. The molecule has 1 amide bonds. The number of hydrogen-bond acceptors (Lipinski definition) is 3. The summed E-state index contributed by atoms with van der Waals surface area (Å²) in [6.45, 7) is 10.7. The van der Waals surface area contributed by atoms with Crippen LogP contribution in [0.3, 0.4) is 0 Å². The molecule has 0 aliphatic carbocycles. The molecule has 1 N–H and O–H groups in total. The van der Waals surface area contributed by atoms with E-state index in [0.717, 1.165) is 38.3 Å². The predicted octanol–water partition coefficient (Wildman–Crippen LogP) is 2.11. The van der Waals surface area contributed by atoms with Gasteiger partial charge in [-0.3, -0.25) is 9.69 Å². The third-order valence-corrected chi connectivity index (χ3v) is 3.67. The number of nitrogens with zero attached hydrogens (tertiary/aromatic N) is 2. The van der Waals surface area contributed by atoms with E-state index in [1.54, 1.807) is 12.1 Å². The molecule has 1 saturated heterocycles. The van der Waals surface area contributed by atoms with Gasteiger partial charge in [-0.15, -0.1) is 0 Å². The number of phenolic OH excluding ortho intramolecular Hbond substituents is 1. The normalized spacial score (nSPS) is 16.7. The van der Waals surface area contributed by atoms with E-state index in [2.05, 4.69) is 18.7 Å². The van der Waals surface area contributed by atoms with Crippen molar-refractivity contribution in [3.05, 3.63) is 29.3 Å². The third kappa shape index (κ3) is 3.51. The molecule has 110 valence electrons. The monoisotopic (exact) mass is 276 g/mol. The number of phenols is 1. The fourth-order valence-electron chi connectivity index (χ4n) is 2.64. The van der Waals surface area contributed by atoms with Gasteiger partial charge in [0.25, 0.3) is 5.91 Å². The van der Waals surface area contributed by atoms with Crippen molar-refractivity contribution in [1.29, 1.82) is 0 Å². The summed E-state index contributed by atoms with van der Waals surface area (Å²) >= 11 is 0. The Bertz CT molecular complexity index is 477. The van der Waals surface area contributed by atoms with E-state index in [0.29, 0.717) is 11.5 Å². The lowest BCUT2D eigenvalue weighted by Gasteiger charge is -2.35. The molecule has 0 bridgehead atoms. The molecule has 0 radical (unpaired) electrons. The average molecular weight is 276 g/mol. The van der Waals surface area contributed by atoms with Crippen molar-refractivity contribution in [3.63, 3.8) is 0 Å². The van der Waals surface area contributed by atoms with Crippen molar-refractivity contribution in [2.24, 2.45) is 5.92 Å². The minimum atomic E-state index is -0.0598. The molecular weight excluding hydrogens is 252 g/mol. The van der Waals surface area contributed by atoms with Gasteiger partial charge in [-0.1, -0.05) is 25.5 Å². The highest BCUT2D eigenvalue weighted by Crippen LogP contribution is 2.21. The molecule has 1 aromatic carbocycles. The highest BCUT2D eigenvalue weighted by Gasteiger charge is 2.24. The van der Waals surface area contributed by atoms with Gasteiger partial charge in [-0.2, -0.15) is 0 Å². The van der Waals surface area contributed by atoms with Crippen LogP contribution in [0.25, 0.3) is 0 Å². The van der Waals surface area contributed by atoms with Crippen LogP contribution in [-0.2, 0) is 0 Å². The van der Waals surface area contributed by atoms with Gasteiger partial charge >= 0.3 is 0 Å². The number of aryl methyl sites for hydroxylation is 1. The van der Waals surface area contributed by atoms with E-state index < -0.39 is 0 Å². The van der Waals surface area contributed by atoms with E-state index in [4.69, 9.17) is 0 Å². The van der Waals surface area contributed by atoms with Gasteiger partial charge in [0.15, 0.2) is 0 Å². The second kappa shape index (κ2) is 6.27. The summed E-state index contributed by atoms with van der Waals surface area (Å²) in [6, 6.07) is 5.17. The first-order valence-electron chi connectivity index (χ1n) is 7.28. The molecule has 0 atom stereocenters. The maximum absolute atomic E-state index is 12.4. The fraction of sp³-hybridized carbons (Fsp3) is 0.562. The summed E-state index contributed by atoms with van der Waals surface area (Å²) in [5.74, 6) is 0.665. The second-order valence-electron chi connectivity index (χ2n) is 6.01. The zero-order valence-corrected chi connectivity index (χ0v) is 12.6. The summed E-state index contributed by atoms with van der Waals surface area (Å²) in [5, 5.41) is 9.85. The molecule has 1 aliphatic heterocycles. The van der Waals surface area contributed by atoms with Crippen molar-refractivity contribution >= 4 is 5.91 Å². The largest absolute Gasteiger partial charge is 0.507 e. The lowest BCUT2D eigenvalue weighted by Crippen LogP contribution is -2.49. The number of hydrogen-bond donors (Lipinski definition) is 1. The van der Waals surface area contributed by atoms with Gasteiger partial charge in [-0.25, -0.2) is 0 Å². The molecule has 4 heteroatoms. The molecule has 0 aromatic heterocycles. The highest BCUT2D eigenvalue weighted by atomic mass is 16.3. The number of amides is 1. The van der Waals surface area contributed by atoms with Gasteiger partial charge in [0.2, 0.25) is 0 Å². The van der Waals surface area contributed by atoms with Gasteiger partial charge in [0, 0.05) is 32.7 Å². The van der Waals surface area contributed by atoms with E-state index in [1.807, 2.05) is 17.9 Å². The second-order valence-corrected chi connectivity index (χ2v) is 6.01. The quantitative estimate of drug-likeness (QED) is 0.919. The van der Waals surface area contributed by atoms with Crippen molar-refractivity contribution in [2.75, 3.05) is 32.7 Å². The maximum atomic E-state index is 12.4. The molecule has 1 aliphatic rings. The Morgan fingerprint density at radius 3 is 2.50 bits per heavy atom. The highest BCUT2D eigenvalue weighted by molar-refractivity contribution is 5.97. The molecule has 0 unspecified atom stereocenters. The zero-order chi connectivity index (χ0) is 14.7. The number of piperazine rings is 1. The number of rotatable bonds is 3. The van der Waals surface area contributed by atoms with Crippen LogP contribution in [0.2, 0.25) is 0 Å². The van der Waals surface area contributed by atoms with Crippen molar-refractivity contribution < 1.29 is 9.90 Å². The van der Waals surface area contributed by atoms with Crippen LogP contribution in [0.1, 0.15) is 29.8 Å². The minimum absolute atomic E-state index is 0.0598. The molecule has 0 saturated carbocycles. The molecule has 4 nitrogen and oxygen atoms in total. The average Bonchev–Trinajstić information content (AvgIpc) is 2.41. The Morgan fingerprint density at radius 2 is 1.90 bits per heavy atom. The van der Waals surface area contributed by atoms with E-state index >= 15 is 0 Å². The zero-order valence-electron chi connectivity index (χ0n) is 12.6. The van der Waals surface area contributed by atoms with Crippen LogP contribution in [-0.4, -0.2) is 53.5 Å². The predicted molar refractivity (Wildman–Crippen MR) is 80.0 cm³/mol. The Labute approximate surface area is 121 Å². The lowest BCUT2D eigenvalue weighted by atomic mass is 10.1. The first-order valence-corrected chi connectivity index (χ1v) is 7.28. The molecule has 2 rings (SSSR count). The van der Waals surface area contributed by atoms with E-state index in [1.165, 1.54) is 0 Å². The van der Waals surface area contributed by atoms with Crippen LogP contribution in [0.15, 0.2) is 18.2 Å². The molecule has 1 aromatic rings. The summed E-state index contributed by atoms with van der Waals surface area (Å²) in [7, 11) is 0.